The topological polar surface area (TPSA) is 53.2 Å². The van der Waals surface area contributed by atoms with Crippen LogP contribution in [0.5, 0.6) is 0 Å². The van der Waals surface area contributed by atoms with Gasteiger partial charge in [0.1, 0.15) is 5.56 Å². The van der Waals surface area contributed by atoms with Crippen LogP contribution in [-0.4, -0.2) is 28.9 Å². The van der Waals surface area contributed by atoms with Crippen molar-refractivity contribution in [1.82, 2.24) is 9.88 Å². The molecule has 1 fully saturated rings. The number of carbonyl (C=O) groups is 1. The molecule has 1 aliphatic rings. The molecule has 3 aromatic rings. The van der Waals surface area contributed by atoms with Crippen molar-refractivity contribution in [1.29, 1.82) is 0 Å². The maximum absolute atomic E-state index is 12.9. The molecule has 4 heteroatoms. The molecule has 0 radical (unpaired) electrons. The Bertz CT molecular complexity index is 1010. The van der Waals surface area contributed by atoms with Gasteiger partial charge in [0.2, 0.25) is 5.43 Å². The molecule has 0 aliphatic carbocycles. The molecule has 4 rings (SSSR count). The molecular formula is C21H20N2O2. The number of fused-ring (bicyclic) bond motifs is 1. The first-order chi connectivity index (χ1) is 12.1. The van der Waals surface area contributed by atoms with E-state index in [2.05, 4.69) is 24.0 Å². The number of rotatable bonds is 2. The van der Waals surface area contributed by atoms with Crippen molar-refractivity contribution in [2.75, 3.05) is 13.1 Å². The number of amides is 1. The minimum atomic E-state index is -0.196. The summed E-state index contributed by atoms with van der Waals surface area (Å²) in [5.74, 6) is 0.160. The van der Waals surface area contributed by atoms with Gasteiger partial charge >= 0.3 is 0 Å². The van der Waals surface area contributed by atoms with Crippen LogP contribution in [0, 0.1) is 6.92 Å². The molecule has 1 N–H and O–H groups in total. The van der Waals surface area contributed by atoms with Crippen molar-refractivity contribution in [3.05, 3.63) is 81.6 Å². The summed E-state index contributed by atoms with van der Waals surface area (Å²) in [6.07, 6.45) is 2.48. The van der Waals surface area contributed by atoms with Gasteiger partial charge in [0.05, 0.1) is 0 Å². The van der Waals surface area contributed by atoms with Crippen LogP contribution in [0.3, 0.4) is 0 Å². The Balaban J connectivity index is 1.61. The summed E-state index contributed by atoms with van der Waals surface area (Å²) in [5, 5.41) is 0.558. The standard InChI is InChI=1S/C21H20N2O2/c1-14-6-2-3-7-16(14)15-10-11-23(13-15)21(25)18-12-22-19-9-5-4-8-17(19)20(18)24/h2-9,12,15H,10-11,13H2,1H3,(H,22,24). The van der Waals surface area contributed by atoms with Crippen LogP contribution in [0.25, 0.3) is 10.9 Å². The Labute approximate surface area is 146 Å². The second-order valence-electron chi connectivity index (χ2n) is 6.67. The predicted molar refractivity (Wildman–Crippen MR) is 99.0 cm³/mol. The number of H-pyrrole nitrogens is 1. The van der Waals surface area contributed by atoms with Gasteiger partial charge in [-0.2, -0.15) is 0 Å². The van der Waals surface area contributed by atoms with E-state index in [1.165, 1.54) is 11.1 Å². The van der Waals surface area contributed by atoms with E-state index in [4.69, 9.17) is 0 Å². The maximum atomic E-state index is 12.9. The highest BCUT2D eigenvalue weighted by Crippen LogP contribution is 2.29. The monoisotopic (exact) mass is 332 g/mol. The van der Waals surface area contributed by atoms with Crippen LogP contribution >= 0.6 is 0 Å². The van der Waals surface area contributed by atoms with E-state index in [9.17, 15) is 9.59 Å². The average Bonchev–Trinajstić information content (AvgIpc) is 3.12. The Morgan fingerprint density at radius 1 is 1.12 bits per heavy atom. The molecule has 126 valence electrons. The molecule has 25 heavy (non-hydrogen) atoms. The normalized spacial score (nSPS) is 17.2. The molecule has 4 nitrogen and oxygen atoms in total. The Morgan fingerprint density at radius 2 is 1.88 bits per heavy atom. The largest absolute Gasteiger partial charge is 0.360 e. The molecular weight excluding hydrogens is 312 g/mol. The predicted octanol–water partition coefficient (Wildman–Crippen LogP) is 3.47. The van der Waals surface area contributed by atoms with Gasteiger partial charge in [-0.25, -0.2) is 0 Å². The number of aromatic amines is 1. The highest BCUT2D eigenvalue weighted by Gasteiger charge is 2.29. The molecule has 0 spiro atoms. The number of hydrogen-bond acceptors (Lipinski definition) is 2. The molecule has 2 aromatic carbocycles. The Kier molecular flexibility index (Phi) is 3.88. The summed E-state index contributed by atoms with van der Waals surface area (Å²) in [6, 6.07) is 15.6. The smallest absolute Gasteiger partial charge is 0.259 e. The lowest BCUT2D eigenvalue weighted by Gasteiger charge is -2.17. The minimum Gasteiger partial charge on any atom is -0.360 e. The zero-order valence-electron chi connectivity index (χ0n) is 14.2. The first kappa shape index (κ1) is 15.6. The van der Waals surface area contributed by atoms with E-state index in [1.54, 1.807) is 17.2 Å². The van der Waals surface area contributed by atoms with E-state index in [0.29, 0.717) is 24.4 Å². The molecule has 1 unspecified atom stereocenters. The summed E-state index contributed by atoms with van der Waals surface area (Å²) in [4.78, 5) is 30.4. The van der Waals surface area contributed by atoms with E-state index < -0.39 is 0 Å². The maximum Gasteiger partial charge on any atom is 0.259 e. The van der Waals surface area contributed by atoms with E-state index in [-0.39, 0.29) is 16.9 Å². The van der Waals surface area contributed by atoms with Crippen molar-refractivity contribution in [2.45, 2.75) is 19.3 Å². The average molecular weight is 332 g/mol. The van der Waals surface area contributed by atoms with Gasteiger partial charge in [0.15, 0.2) is 0 Å². The summed E-state index contributed by atoms with van der Waals surface area (Å²) in [5.41, 5.74) is 3.33. The van der Waals surface area contributed by atoms with E-state index in [0.717, 1.165) is 11.9 Å². The Hall–Kier alpha value is -2.88. The number of pyridine rings is 1. The lowest BCUT2D eigenvalue weighted by Crippen LogP contribution is -2.32. The Morgan fingerprint density at radius 3 is 2.72 bits per heavy atom. The van der Waals surface area contributed by atoms with Gasteiger partial charge in [-0.3, -0.25) is 9.59 Å². The van der Waals surface area contributed by atoms with Crippen molar-refractivity contribution < 1.29 is 4.79 Å². The fourth-order valence-corrected chi connectivity index (χ4v) is 3.74. The van der Waals surface area contributed by atoms with Crippen LogP contribution in [-0.2, 0) is 0 Å². The van der Waals surface area contributed by atoms with Crippen LogP contribution in [0.4, 0.5) is 0 Å². The number of hydrogen-bond donors (Lipinski definition) is 1. The third-order valence-electron chi connectivity index (χ3n) is 5.12. The number of benzene rings is 2. The second kappa shape index (κ2) is 6.20. The number of nitrogens with zero attached hydrogens (tertiary/aromatic N) is 1. The number of aryl methyl sites for hydroxylation is 1. The lowest BCUT2D eigenvalue weighted by atomic mass is 9.94. The molecule has 1 aromatic heterocycles. The second-order valence-corrected chi connectivity index (χ2v) is 6.67. The van der Waals surface area contributed by atoms with Gasteiger partial charge in [-0.15, -0.1) is 0 Å². The molecule has 0 bridgehead atoms. The molecule has 1 amide bonds. The van der Waals surface area contributed by atoms with Crippen molar-refractivity contribution in [3.8, 4) is 0 Å². The van der Waals surface area contributed by atoms with Gasteiger partial charge in [0, 0.05) is 36.1 Å². The summed E-state index contributed by atoms with van der Waals surface area (Å²) < 4.78 is 0. The summed E-state index contributed by atoms with van der Waals surface area (Å²) >= 11 is 0. The SMILES string of the molecule is Cc1ccccc1C1CCN(C(=O)c2c[nH]c3ccccc3c2=O)C1. The van der Waals surface area contributed by atoms with Gasteiger partial charge in [-0.1, -0.05) is 36.4 Å². The van der Waals surface area contributed by atoms with E-state index in [1.807, 2.05) is 30.3 Å². The number of nitrogens with one attached hydrogen (secondary N) is 1. The van der Waals surface area contributed by atoms with Crippen molar-refractivity contribution in [2.24, 2.45) is 0 Å². The van der Waals surface area contributed by atoms with Crippen LogP contribution in [0.15, 0.2) is 59.5 Å². The van der Waals surface area contributed by atoms with Crippen LogP contribution in [0.2, 0.25) is 0 Å². The molecule has 0 saturated carbocycles. The third kappa shape index (κ3) is 2.74. The summed E-state index contributed by atoms with van der Waals surface area (Å²) in [7, 11) is 0. The zero-order chi connectivity index (χ0) is 17.4. The first-order valence-corrected chi connectivity index (χ1v) is 8.60. The summed E-state index contributed by atoms with van der Waals surface area (Å²) in [6.45, 7) is 3.45. The number of para-hydroxylation sites is 1. The third-order valence-corrected chi connectivity index (χ3v) is 5.12. The molecule has 2 heterocycles. The molecule has 1 saturated heterocycles. The number of aromatic nitrogens is 1. The number of carbonyl (C=O) groups excluding carboxylic acids is 1. The highest BCUT2D eigenvalue weighted by molar-refractivity contribution is 5.97. The molecule has 1 atom stereocenters. The van der Waals surface area contributed by atoms with Crippen molar-refractivity contribution >= 4 is 16.8 Å². The van der Waals surface area contributed by atoms with Crippen LogP contribution < -0.4 is 5.43 Å². The molecule has 1 aliphatic heterocycles. The first-order valence-electron chi connectivity index (χ1n) is 8.60. The fourth-order valence-electron chi connectivity index (χ4n) is 3.74. The van der Waals surface area contributed by atoms with Crippen molar-refractivity contribution in [3.63, 3.8) is 0 Å². The quantitative estimate of drug-likeness (QED) is 0.781. The van der Waals surface area contributed by atoms with Gasteiger partial charge < -0.3 is 9.88 Å². The van der Waals surface area contributed by atoms with Gasteiger partial charge in [-0.05, 0) is 36.6 Å². The van der Waals surface area contributed by atoms with Gasteiger partial charge in [0.25, 0.3) is 5.91 Å². The van der Waals surface area contributed by atoms with Crippen LogP contribution in [0.1, 0.15) is 33.8 Å². The fraction of sp³-hybridized carbons (Fsp3) is 0.238. The number of likely N-dealkylation sites (tertiary alicyclic amines) is 1. The zero-order valence-corrected chi connectivity index (χ0v) is 14.2. The van der Waals surface area contributed by atoms with E-state index >= 15 is 0 Å². The lowest BCUT2D eigenvalue weighted by molar-refractivity contribution is 0.0789. The minimum absolute atomic E-state index is 0.178. The highest BCUT2D eigenvalue weighted by atomic mass is 16.2.